The summed E-state index contributed by atoms with van der Waals surface area (Å²) in [5.41, 5.74) is 2.40. The summed E-state index contributed by atoms with van der Waals surface area (Å²) in [6.45, 7) is 3.38. The molecule has 6 nitrogen and oxygen atoms in total. The van der Waals surface area contributed by atoms with Crippen LogP contribution in [0.1, 0.15) is 37.1 Å². The summed E-state index contributed by atoms with van der Waals surface area (Å²) < 4.78 is 3.71. The standard InChI is InChI=1S/C14H19N5O/c1-11(18-8-4-6-16-18)14(20)15-9-12-10-17-19-7-3-2-5-13(12)19/h4,6,8,10-11H,2-3,5,7,9H2,1H3,(H,15,20)/t11-/m0/s1. The topological polar surface area (TPSA) is 64.7 Å². The van der Waals surface area contributed by atoms with Gasteiger partial charge in [-0.15, -0.1) is 0 Å². The minimum atomic E-state index is -0.295. The second-order valence-corrected chi connectivity index (χ2v) is 5.18. The van der Waals surface area contributed by atoms with Gasteiger partial charge in [0.1, 0.15) is 6.04 Å². The van der Waals surface area contributed by atoms with Crippen LogP contribution in [0.15, 0.2) is 24.7 Å². The number of hydrogen-bond acceptors (Lipinski definition) is 3. The fraction of sp³-hybridized carbons (Fsp3) is 0.500. The van der Waals surface area contributed by atoms with Crippen LogP contribution < -0.4 is 5.32 Å². The molecule has 2 aromatic heterocycles. The lowest BCUT2D eigenvalue weighted by atomic mass is 10.1. The summed E-state index contributed by atoms with van der Waals surface area (Å²) in [6, 6.07) is 1.52. The second kappa shape index (κ2) is 5.48. The van der Waals surface area contributed by atoms with Gasteiger partial charge in [0.25, 0.3) is 0 Å². The van der Waals surface area contributed by atoms with E-state index < -0.39 is 0 Å². The van der Waals surface area contributed by atoms with Crippen LogP contribution in [0.2, 0.25) is 0 Å². The first-order valence-electron chi connectivity index (χ1n) is 7.06. The van der Waals surface area contributed by atoms with E-state index in [9.17, 15) is 4.79 Å². The number of rotatable bonds is 4. The third kappa shape index (κ3) is 2.45. The maximum absolute atomic E-state index is 12.1. The van der Waals surface area contributed by atoms with Crippen molar-refractivity contribution in [3.63, 3.8) is 0 Å². The lowest BCUT2D eigenvalue weighted by Gasteiger charge is -2.16. The van der Waals surface area contributed by atoms with Gasteiger partial charge in [0, 0.05) is 36.7 Å². The zero-order chi connectivity index (χ0) is 13.9. The molecule has 0 bridgehead atoms. The van der Waals surface area contributed by atoms with Gasteiger partial charge in [0.2, 0.25) is 5.91 Å². The molecular weight excluding hydrogens is 254 g/mol. The van der Waals surface area contributed by atoms with Crippen molar-refractivity contribution in [3.05, 3.63) is 35.9 Å². The maximum atomic E-state index is 12.1. The smallest absolute Gasteiger partial charge is 0.244 e. The molecule has 3 rings (SSSR count). The van der Waals surface area contributed by atoms with E-state index in [1.54, 1.807) is 17.1 Å². The summed E-state index contributed by atoms with van der Waals surface area (Å²) in [6.07, 6.45) is 8.80. The highest BCUT2D eigenvalue weighted by atomic mass is 16.2. The molecular formula is C14H19N5O. The number of carbonyl (C=O) groups is 1. The number of aromatic nitrogens is 4. The molecule has 106 valence electrons. The number of hydrogen-bond donors (Lipinski definition) is 1. The molecule has 0 radical (unpaired) electrons. The summed E-state index contributed by atoms with van der Waals surface area (Å²) in [5, 5.41) is 11.4. The number of fused-ring (bicyclic) bond motifs is 1. The Morgan fingerprint density at radius 2 is 2.35 bits per heavy atom. The molecule has 0 aliphatic carbocycles. The molecule has 20 heavy (non-hydrogen) atoms. The second-order valence-electron chi connectivity index (χ2n) is 5.18. The highest BCUT2D eigenvalue weighted by molar-refractivity contribution is 5.79. The van der Waals surface area contributed by atoms with Crippen LogP contribution >= 0.6 is 0 Å². The SMILES string of the molecule is C[C@@H](C(=O)NCc1cnn2c1CCCC2)n1cccn1. The van der Waals surface area contributed by atoms with Crippen molar-refractivity contribution in [2.24, 2.45) is 0 Å². The highest BCUT2D eigenvalue weighted by Gasteiger charge is 2.18. The Morgan fingerprint density at radius 3 is 3.15 bits per heavy atom. The molecule has 0 aromatic carbocycles. The van der Waals surface area contributed by atoms with Crippen LogP contribution in [0.5, 0.6) is 0 Å². The number of nitrogens with zero attached hydrogens (tertiary/aromatic N) is 4. The van der Waals surface area contributed by atoms with Gasteiger partial charge in [0.05, 0.1) is 6.20 Å². The predicted octanol–water partition coefficient (Wildman–Crippen LogP) is 1.29. The minimum Gasteiger partial charge on any atom is -0.350 e. The van der Waals surface area contributed by atoms with Gasteiger partial charge in [-0.25, -0.2) is 0 Å². The molecule has 2 aromatic rings. The van der Waals surface area contributed by atoms with Crippen molar-refractivity contribution in [1.82, 2.24) is 24.9 Å². The summed E-state index contributed by atoms with van der Waals surface area (Å²) >= 11 is 0. The molecule has 1 amide bonds. The lowest BCUT2D eigenvalue weighted by molar-refractivity contribution is -0.124. The molecule has 0 saturated heterocycles. The van der Waals surface area contributed by atoms with Crippen LogP contribution in [-0.4, -0.2) is 25.5 Å². The summed E-state index contributed by atoms with van der Waals surface area (Å²) in [7, 11) is 0. The number of aryl methyl sites for hydroxylation is 1. The van der Waals surface area contributed by atoms with Crippen molar-refractivity contribution < 1.29 is 4.79 Å². The largest absolute Gasteiger partial charge is 0.350 e. The van der Waals surface area contributed by atoms with Gasteiger partial charge in [-0.3, -0.25) is 14.2 Å². The number of amides is 1. The Labute approximate surface area is 117 Å². The van der Waals surface area contributed by atoms with E-state index in [4.69, 9.17) is 0 Å². The third-order valence-corrected chi connectivity index (χ3v) is 3.82. The van der Waals surface area contributed by atoms with Crippen LogP contribution in [0.25, 0.3) is 0 Å². The number of carbonyl (C=O) groups excluding carboxylic acids is 1. The van der Waals surface area contributed by atoms with Crippen LogP contribution in [0.3, 0.4) is 0 Å². The first kappa shape index (κ1) is 12.9. The zero-order valence-corrected chi connectivity index (χ0v) is 11.6. The normalized spacial score (nSPS) is 15.7. The van der Waals surface area contributed by atoms with Crippen molar-refractivity contribution in [2.75, 3.05) is 0 Å². The summed E-state index contributed by atoms with van der Waals surface area (Å²) in [4.78, 5) is 12.1. The monoisotopic (exact) mass is 273 g/mol. The highest BCUT2D eigenvalue weighted by Crippen LogP contribution is 2.18. The van der Waals surface area contributed by atoms with Crippen LogP contribution in [-0.2, 0) is 24.3 Å². The Balaban J connectivity index is 1.62. The third-order valence-electron chi connectivity index (χ3n) is 3.82. The van der Waals surface area contributed by atoms with Gasteiger partial charge in [-0.2, -0.15) is 10.2 Å². The maximum Gasteiger partial charge on any atom is 0.244 e. The van der Waals surface area contributed by atoms with E-state index in [1.807, 2.05) is 19.2 Å². The van der Waals surface area contributed by atoms with E-state index >= 15 is 0 Å². The zero-order valence-electron chi connectivity index (χ0n) is 11.6. The van der Waals surface area contributed by atoms with Gasteiger partial charge in [-0.05, 0) is 32.3 Å². The van der Waals surface area contributed by atoms with Crippen molar-refractivity contribution in [3.8, 4) is 0 Å². The first-order chi connectivity index (χ1) is 9.75. The van der Waals surface area contributed by atoms with E-state index in [1.165, 1.54) is 18.5 Å². The Kier molecular flexibility index (Phi) is 3.54. The fourth-order valence-electron chi connectivity index (χ4n) is 2.59. The molecule has 0 unspecified atom stereocenters. The lowest BCUT2D eigenvalue weighted by Crippen LogP contribution is -2.31. The molecule has 3 heterocycles. The van der Waals surface area contributed by atoms with Gasteiger partial charge >= 0.3 is 0 Å². The fourth-order valence-corrected chi connectivity index (χ4v) is 2.59. The van der Waals surface area contributed by atoms with Gasteiger partial charge in [0.15, 0.2) is 0 Å². The Hall–Kier alpha value is -2.11. The molecule has 0 saturated carbocycles. The quantitative estimate of drug-likeness (QED) is 0.913. The Morgan fingerprint density at radius 1 is 1.45 bits per heavy atom. The molecule has 0 fully saturated rings. The van der Waals surface area contributed by atoms with Crippen molar-refractivity contribution >= 4 is 5.91 Å². The van der Waals surface area contributed by atoms with E-state index in [-0.39, 0.29) is 11.9 Å². The summed E-state index contributed by atoms with van der Waals surface area (Å²) in [5.74, 6) is -0.0236. The van der Waals surface area contributed by atoms with Crippen LogP contribution in [0, 0.1) is 0 Å². The number of nitrogens with one attached hydrogen (secondary N) is 1. The van der Waals surface area contributed by atoms with Gasteiger partial charge < -0.3 is 5.32 Å². The molecule has 1 aliphatic heterocycles. The minimum absolute atomic E-state index is 0.0236. The molecule has 1 atom stereocenters. The molecule has 6 heteroatoms. The van der Waals surface area contributed by atoms with Crippen molar-refractivity contribution in [2.45, 2.75) is 45.3 Å². The van der Waals surface area contributed by atoms with E-state index in [0.717, 1.165) is 18.5 Å². The first-order valence-corrected chi connectivity index (χ1v) is 7.06. The van der Waals surface area contributed by atoms with E-state index in [2.05, 4.69) is 20.2 Å². The van der Waals surface area contributed by atoms with Crippen LogP contribution in [0.4, 0.5) is 0 Å². The average Bonchev–Trinajstić information content (AvgIpc) is 3.13. The van der Waals surface area contributed by atoms with E-state index in [0.29, 0.717) is 6.54 Å². The molecule has 1 aliphatic rings. The molecule has 0 spiro atoms. The average molecular weight is 273 g/mol. The molecule has 1 N–H and O–H groups in total. The Bertz CT molecular complexity index is 587. The predicted molar refractivity (Wildman–Crippen MR) is 73.9 cm³/mol. The van der Waals surface area contributed by atoms with Gasteiger partial charge in [-0.1, -0.05) is 0 Å². The van der Waals surface area contributed by atoms with Crippen molar-refractivity contribution in [1.29, 1.82) is 0 Å².